The summed E-state index contributed by atoms with van der Waals surface area (Å²) in [5.74, 6) is 0. The van der Waals surface area contributed by atoms with Crippen molar-refractivity contribution >= 4 is 22.9 Å². The van der Waals surface area contributed by atoms with Crippen molar-refractivity contribution in [3.05, 3.63) is 21.3 Å². The zero-order valence-electron chi connectivity index (χ0n) is 9.38. The van der Waals surface area contributed by atoms with Gasteiger partial charge in [0.05, 0.1) is 9.94 Å². The maximum atomic E-state index is 9.63. The fraction of sp³-hybridized carbons (Fsp3) is 0.636. The van der Waals surface area contributed by atoms with Crippen molar-refractivity contribution in [3.63, 3.8) is 0 Å². The van der Waals surface area contributed by atoms with E-state index < -0.39 is 5.60 Å². The van der Waals surface area contributed by atoms with Crippen LogP contribution in [0.3, 0.4) is 0 Å². The molecule has 0 bridgehead atoms. The molecule has 1 aromatic rings. The maximum Gasteiger partial charge on any atom is 0.0931 e. The van der Waals surface area contributed by atoms with Gasteiger partial charge in [0, 0.05) is 17.5 Å². The third kappa shape index (κ3) is 4.51. The third-order valence-electron chi connectivity index (χ3n) is 2.13. The van der Waals surface area contributed by atoms with E-state index in [2.05, 4.69) is 12.2 Å². The topological polar surface area (TPSA) is 32.3 Å². The number of hydrogen-bond donors (Lipinski definition) is 2. The molecule has 0 spiro atoms. The average molecular weight is 248 g/mol. The summed E-state index contributed by atoms with van der Waals surface area (Å²) in [5, 5.41) is 13.0. The highest BCUT2D eigenvalue weighted by molar-refractivity contribution is 7.16. The molecule has 15 heavy (non-hydrogen) atoms. The first kappa shape index (κ1) is 13.0. The Labute approximate surface area is 100 Å². The van der Waals surface area contributed by atoms with Crippen LogP contribution < -0.4 is 5.32 Å². The number of thiophene rings is 1. The Morgan fingerprint density at radius 1 is 1.53 bits per heavy atom. The van der Waals surface area contributed by atoms with E-state index in [0.717, 1.165) is 10.8 Å². The predicted molar refractivity (Wildman–Crippen MR) is 66.7 cm³/mol. The molecule has 0 saturated carbocycles. The fourth-order valence-corrected chi connectivity index (χ4v) is 2.55. The first-order valence-corrected chi connectivity index (χ1v) is 6.33. The van der Waals surface area contributed by atoms with Crippen LogP contribution in [0.25, 0.3) is 0 Å². The van der Waals surface area contributed by atoms with Crippen LogP contribution in [0.5, 0.6) is 0 Å². The van der Waals surface area contributed by atoms with Crippen LogP contribution >= 0.6 is 22.9 Å². The second-order valence-electron chi connectivity index (χ2n) is 4.30. The van der Waals surface area contributed by atoms with Crippen LogP contribution in [-0.2, 0) is 0 Å². The van der Waals surface area contributed by atoms with Gasteiger partial charge in [0.25, 0.3) is 0 Å². The van der Waals surface area contributed by atoms with E-state index in [-0.39, 0.29) is 6.04 Å². The molecule has 86 valence electrons. The zero-order chi connectivity index (χ0) is 11.5. The summed E-state index contributed by atoms with van der Waals surface area (Å²) in [6.07, 6.45) is 0.993. The lowest BCUT2D eigenvalue weighted by atomic mass is 10.1. The Morgan fingerprint density at radius 2 is 2.20 bits per heavy atom. The minimum atomic E-state index is -0.672. The van der Waals surface area contributed by atoms with E-state index in [9.17, 15) is 5.11 Å². The van der Waals surface area contributed by atoms with Crippen LogP contribution in [0.2, 0.25) is 4.34 Å². The summed E-state index contributed by atoms with van der Waals surface area (Å²) in [6.45, 7) is 6.30. The molecule has 0 fully saturated rings. The highest BCUT2D eigenvalue weighted by atomic mass is 35.5. The van der Waals surface area contributed by atoms with Crippen molar-refractivity contribution in [3.8, 4) is 0 Å². The Bertz CT molecular complexity index is 306. The van der Waals surface area contributed by atoms with E-state index in [4.69, 9.17) is 11.6 Å². The summed E-state index contributed by atoms with van der Waals surface area (Å²) in [7, 11) is 0. The van der Waals surface area contributed by atoms with Crippen molar-refractivity contribution in [2.24, 2.45) is 0 Å². The zero-order valence-corrected chi connectivity index (χ0v) is 11.0. The lowest BCUT2D eigenvalue weighted by Gasteiger charge is -2.22. The molecule has 0 aromatic carbocycles. The molecule has 0 aliphatic carbocycles. The largest absolute Gasteiger partial charge is 0.389 e. The fourth-order valence-electron chi connectivity index (χ4n) is 1.33. The second-order valence-corrected chi connectivity index (χ2v) is 6.04. The van der Waals surface area contributed by atoms with Crippen molar-refractivity contribution < 1.29 is 5.11 Å². The number of rotatable bonds is 5. The molecule has 0 aliphatic heterocycles. The summed E-state index contributed by atoms with van der Waals surface area (Å²) < 4.78 is 0.813. The molecule has 1 rings (SSSR count). The first-order valence-electron chi connectivity index (χ1n) is 5.13. The standard InChI is InChI=1S/C11H18ClNOS/c1-4-8(13-7-11(2,3)14)9-5-6-10(12)15-9/h5-6,8,13-14H,4,7H2,1-3H3. The van der Waals surface area contributed by atoms with Crippen LogP contribution in [-0.4, -0.2) is 17.3 Å². The normalized spacial score (nSPS) is 14.2. The van der Waals surface area contributed by atoms with E-state index >= 15 is 0 Å². The monoisotopic (exact) mass is 247 g/mol. The van der Waals surface area contributed by atoms with E-state index in [1.54, 1.807) is 25.2 Å². The highest BCUT2D eigenvalue weighted by Gasteiger charge is 2.17. The first-order chi connectivity index (χ1) is 6.92. The minimum absolute atomic E-state index is 0.286. The van der Waals surface area contributed by atoms with Gasteiger partial charge in [-0.25, -0.2) is 0 Å². The van der Waals surface area contributed by atoms with Gasteiger partial charge < -0.3 is 10.4 Å². The molecule has 2 nitrogen and oxygen atoms in total. The third-order valence-corrected chi connectivity index (χ3v) is 3.47. The average Bonchev–Trinajstić information content (AvgIpc) is 2.51. The van der Waals surface area contributed by atoms with E-state index in [1.807, 2.05) is 12.1 Å². The van der Waals surface area contributed by atoms with Gasteiger partial charge in [-0.2, -0.15) is 0 Å². The molecule has 0 radical (unpaired) electrons. The molecule has 0 amide bonds. The van der Waals surface area contributed by atoms with Gasteiger partial charge in [0.1, 0.15) is 0 Å². The molecular formula is C11H18ClNOS. The van der Waals surface area contributed by atoms with Crippen molar-refractivity contribution in [2.75, 3.05) is 6.54 Å². The summed E-state index contributed by atoms with van der Waals surface area (Å²) in [6, 6.07) is 4.24. The lowest BCUT2D eigenvalue weighted by molar-refractivity contribution is 0.0763. The summed E-state index contributed by atoms with van der Waals surface area (Å²) >= 11 is 7.49. The molecule has 1 unspecified atom stereocenters. The van der Waals surface area contributed by atoms with Gasteiger partial charge in [-0.3, -0.25) is 0 Å². The molecule has 4 heteroatoms. The molecule has 0 saturated heterocycles. The van der Waals surface area contributed by atoms with Gasteiger partial charge in [-0.1, -0.05) is 18.5 Å². The minimum Gasteiger partial charge on any atom is -0.389 e. The van der Waals surface area contributed by atoms with Gasteiger partial charge in [0.2, 0.25) is 0 Å². The Balaban J connectivity index is 2.57. The van der Waals surface area contributed by atoms with Crippen molar-refractivity contribution in [1.29, 1.82) is 0 Å². The number of hydrogen-bond acceptors (Lipinski definition) is 3. The Morgan fingerprint density at radius 3 is 2.60 bits per heavy atom. The SMILES string of the molecule is CCC(NCC(C)(C)O)c1ccc(Cl)s1. The van der Waals surface area contributed by atoms with Gasteiger partial charge in [-0.05, 0) is 32.4 Å². The smallest absolute Gasteiger partial charge is 0.0931 e. The lowest BCUT2D eigenvalue weighted by Crippen LogP contribution is -2.36. The van der Waals surface area contributed by atoms with Crippen molar-refractivity contribution in [2.45, 2.75) is 38.8 Å². The van der Waals surface area contributed by atoms with Crippen LogP contribution in [0.1, 0.15) is 38.1 Å². The van der Waals surface area contributed by atoms with Crippen LogP contribution in [0.15, 0.2) is 12.1 Å². The van der Waals surface area contributed by atoms with Crippen LogP contribution in [0.4, 0.5) is 0 Å². The molecule has 2 N–H and O–H groups in total. The van der Waals surface area contributed by atoms with Crippen LogP contribution in [0, 0.1) is 0 Å². The number of nitrogens with one attached hydrogen (secondary N) is 1. The van der Waals surface area contributed by atoms with Crippen molar-refractivity contribution in [1.82, 2.24) is 5.32 Å². The van der Waals surface area contributed by atoms with Gasteiger partial charge in [0.15, 0.2) is 0 Å². The van der Waals surface area contributed by atoms with Gasteiger partial charge in [-0.15, -0.1) is 11.3 Å². The van der Waals surface area contributed by atoms with E-state index in [1.165, 1.54) is 4.88 Å². The second kappa shape index (κ2) is 5.30. The maximum absolute atomic E-state index is 9.63. The Hall–Kier alpha value is -0.0900. The van der Waals surface area contributed by atoms with E-state index in [0.29, 0.717) is 6.54 Å². The van der Waals surface area contributed by atoms with Gasteiger partial charge >= 0.3 is 0 Å². The predicted octanol–water partition coefficient (Wildman–Crippen LogP) is 3.21. The highest BCUT2D eigenvalue weighted by Crippen LogP contribution is 2.28. The molecular weight excluding hydrogens is 230 g/mol. The molecule has 0 aliphatic rings. The quantitative estimate of drug-likeness (QED) is 0.838. The molecule has 1 heterocycles. The summed E-state index contributed by atoms with van der Waals surface area (Å²) in [4.78, 5) is 1.23. The summed E-state index contributed by atoms with van der Waals surface area (Å²) in [5.41, 5.74) is -0.672. The number of aliphatic hydroxyl groups is 1. The number of halogens is 1. The molecule has 1 aromatic heterocycles. The molecule has 1 atom stereocenters. The Kier molecular flexibility index (Phi) is 4.59.